The lowest BCUT2D eigenvalue weighted by atomic mass is 9.82. The van der Waals surface area contributed by atoms with Crippen LogP contribution in [0.1, 0.15) is 110 Å². The summed E-state index contributed by atoms with van der Waals surface area (Å²) in [5, 5.41) is 0. The summed E-state index contributed by atoms with van der Waals surface area (Å²) in [7, 11) is 7.79. The maximum atomic E-state index is 5.69. The van der Waals surface area contributed by atoms with Gasteiger partial charge in [0.1, 0.15) is 0 Å². The predicted molar refractivity (Wildman–Crippen MR) is 163 cm³/mol. The van der Waals surface area contributed by atoms with Gasteiger partial charge in [-0.1, -0.05) is 45.4 Å². The van der Waals surface area contributed by atoms with Gasteiger partial charge < -0.3 is 37.0 Å². The summed E-state index contributed by atoms with van der Waals surface area (Å²) in [5.41, 5.74) is 0. The number of fused-ring (bicyclic) bond motifs is 2. The molecular weight excluding hydrogens is 540 g/mol. The summed E-state index contributed by atoms with van der Waals surface area (Å²) >= 11 is 0. The second kappa shape index (κ2) is 18.0. The van der Waals surface area contributed by atoms with Gasteiger partial charge in [-0.05, 0) is 76.0 Å². The van der Waals surface area contributed by atoms with Gasteiger partial charge in [-0.15, -0.1) is 0 Å². The molecular formula is C32H62O8Si. The molecule has 0 radical (unpaired) electrons. The molecule has 242 valence electrons. The lowest BCUT2D eigenvalue weighted by Crippen LogP contribution is -2.44. The third-order valence-electron chi connectivity index (χ3n) is 10.2. The summed E-state index contributed by atoms with van der Waals surface area (Å²) in [6, 6.07) is 0.915. The molecule has 2 saturated carbocycles. The largest absolute Gasteiger partial charge is 0.500 e. The van der Waals surface area contributed by atoms with E-state index in [1.807, 2.05) is 0 Å². The lowest BCUT2D eigenvalue weighted by molar-refractivity contribution is -0.380. The Bertz CT molecular complexity index is 687. The first-order chi connectivity index (χ1) is 19.9. The van der Waals surface area contributed by atoms with Crippen molar-refractivity contribution in [3.05, 3.63) is 0 Å². The van der Waals surface area contributed by atoms with E-state index < -0.39 is 14.8 Å². The Balaban J connectivity index is 0.000000248. The molecule has 8 nitrogen and oxygen atoms in total. The molecule has 0 spiro atoms. The van der Waals surface area contributed by atoms with Crippen molar-refractivity contribution in [2.45, 2.75) is 146 Å². The first-order valence-corrected chi connectivity index (χ1v) is 18.5. The van der Waals surface area contributed by atoms with Gasteiger partial charge >= 0.3 is 8.80 Å². The van der Waals surface area contributed by atoms with Crippen LogP contribution in [0.4, 0.5) is 0 Å². The molecule has 4 fully saturated rings. The molecule has 0 bridgehead atoms. The van der Waals surface area contributed by atoms with Crippen LogP contribution < -0.4 is 0 Å². The zero-order valence-corrected chi connectivity index (χ0v) is 28.3. The van der Waals surface area contributed by atoms with E-state index in [0.717, 1.165) is 37.1 Å². The Morgan fingerprint density at radius 3 is 1.63 bits per heavy atom. The van der Waals surface area contributed by atoms with Crippen molar-refractivity contribution in [2.75, 3.05) is 42.7 Å². The molecule has 0 amide bonds. The van der Waals surface area contributed by atoms with E-state index in [0.29, 0.717) is 24.4 Å². The van der Waals surface area contributed by atoms with Gasteiger partial charge in [0.15, 0.2) is 0 Å². The highest BCUT2D eigenvalue weighted by Gasteiger charge is 2.46. The fraction of sp³-hybridized carbons (Fsp3) is 1.00. The topological polar surface area (TPSA) is 80.4 Å². The zero-order valence-electron chi connectivity index (χ0n) is 27.3. The monoisotopic (exact) mass is 602 g/mol. The van der Waals surface area contributed by atoms with Crippen LogP contribution in [0.3, 0.4) is 0 Å². The van der Waals surface area contributed by atoms with Crippen molar-refractivity contribution >= 4 is 8.80 Å². The third kappa shape index (κ3) is 10.8. The van der Waals surface area contributed by atoms with E-state index in [1.165, 1.54) is 83.5 Å². The van der Waals surface area contributed by atoms with Crippen molar-refractivity contribution in [1.82, 2.24) is 0 Å². The summed E-state index contributed by atoms with van der Waals surface area (Å²) in [5.74, 6) is 0.947. The molecule has 0 aromatic rings. The van der Waals surface area contributed by atoms with Gasteiger partial charge in [0.05, 0.1) is 24.4 Å². The Hall–Kier alpha value is -0.103. The average Bonchev–Trinajstić information content (AvgIpc) is 3.94. The van der Waals surface area contributed by atoms with E-state index >= 15 is 0 Å². The summed E-state index contributed by atoms with van der Waals surface area (Å²) in [6.07, 6.45) is 22.3. The maximum absolute atomic E-state index is 5.69. The number of ether oxygens (including phenoxy) is 5. The first-order valence-electron chi connectivity index (χ1n) is 16.5. The smallest absolute Gasteiger partial charge is 0.377 e. The fourth-order valence-electron chi connectivity index (χ4n) is 7.29. The molecule has 4 aliphatic rings. The average molecular weight is 603 g/mol. The number of methoxy groups -OCH3 is 3. The first kappa shape index (κ1) is 35.4. The molecule has 0 aromatic heterocycles. The number of unbranched alkanes of at least 4 members (excludes halogenated alkanes) is 5. The van der Waals surface area contributed by atoms with Crippen LogP contribution in [0.2, 0.25) is 6.04 Å². The molecule has 2 aliphatic carbocycles. The molecule has 7 atom stereocenters. The van der Waals surface area contributed by atoms with Crippen LogP contribution in [0, 0.1) is 17.8 Å². The van der Waals surface area contributed by atoms with E-state index in [4.69, 9.17) is 37.0 Å². The minimum Gasteiger partial charge on any atom is -0.377 e. The fourth-order valence-corrected chi connectivity index (χ4v) is 9.17. The van der Waals surface area contributed by atoms with Crippen LogP contribution in [-0.2, 0) is 37.0 Å². The molecule has 0 N–H and O–H groups in total. The molecule has 2 aliphatic heterocycles. The molecule has 7 unspecified atom stereocenters. The normalized spacial score (nSPS) is 29.6. The van der Waals surface area contributed by atoms with Crippen LogP contribution in [-0.4, -0.2) is 81.9 Å². The van der Waals surface area contributed by atoms with Crippen LogP contribution in [0.15, 0.2) is 0 Å². The van der Waals surface area contributed by atoms with Crippen molar-refractivity contribution in [1.29, 1.82) is 0 Å². The molecule has 9 heteroatoms. The number of hydrogen-bond acceptors (Lipinski definition) is 8. The Kier molecular flexibility index (Phi) is 15.5. The van der Waals surface area contributed by atoms with Crippen LogP contribution in [0.5, 0.6) is 0 Å². The predicted octanol–water partition coefficient (Wildman–Crippen LogP) is 7.12. The van der Waals surface area contributed by atoms with E-state index in [9.17, 15) is 0 Å². The standard InChI is InChI=1S/C21H40O4.C11H22O4Si/c1-5-6-7-8-9-10-11-18(21(22-2,23-3)24-4)14-12-17-13-15-19-20(16-17)25-19;1-12-16(13-2,14-3)7-6-9-4-5-10-11(8-9)15-10/h17-20H,5-16H2,1-4H3;9-11H,4-8H2,1-3H3. The molecule has 2 heterocycles. The Labute approximate surface area is 252 Å². The zero-order chi connectivity index (χ0) is 29.7. The summed E-state index contributed by atoms with van der Waals surface area (Å²) in [6.45, 7) is 2.26. The summed E-state index contributed by atoms with van der Waals surface area (Å²) < 4.78 is 44.6. The lowest BCUT2D eigenvalue weighted by Gasteiger charge is -2.37. The molecule has 4 rings (SSSR count). The van der Waals surface area contributed by atoms with Gasteiger partial charge in [-0.2, -0.15) is 0 Å². The van der Waals surface area contributed by atoms with Crippen LogP contribution >= 0.6 is 0 Å². The number of rotatable bonds is 20. The van der Waals surface area contributed by atoms with Crippen molar-refractivity contribution < 1.29 is 37.0 Å². The van der Waals surface area contributed by atoms with Gasteiger partial charge in [0.25, 0.3) is 5.97 Å². The Morgan fingerprint density at radius 2 is 1.15 bits per heavy atom. The van der Waals surface area contributed by atoms with Gasteiger partial charge in [-0.3, -0.25) is 0 Å². The third-order valence-corrected chi connectivity index (χ3v) is 13.0. The minimum absolute atomic E-state index is 0.288. The van der Waals surface area contributed by atoms with Gasteiger partial charge in [-0.25, -0.2) is 0 Å². The maximum Gasteiger partial charge on any atom is 0.500 e. The van der Waals surface area contributed by atoms with E-state index in [2.05, 4.69) is 6.92 Å². The molecule has 41 heavy (non-hydrogen) atoms. The second-order valence-electron chi connectivity index (χ2n) is 12.7. The highest BCUT2D eigenvalue weighted by molar-refractivity contribution is 6.60. The van der Waals surface area contributed by atoms with Gasteiger partial charge in [0.2, 0.25) is 0 Å². The van der Waals surface area contributed by atoms with Crippen LogP contribution in [0.25, 0.3) is 0 Å². The van der Waals surface area contributed by atoms with E-state index in [1.54, 1.807) is 42.7 Å². The SMILES string of the molecule is CCCCCCCCC(CCC1CCC2OC2C1)C(OC)(OC)OC.CO[Si](CCC1CCC2OC2C1)(OC)OC. The highest BCUT2D eigenvalue weighted by atomic mass is 28.4. The van der Waals surface area contributed by atoms with Gasteiger partial charge in [0, 0.05) is 54.6 Å². The van der Waals surface area contributed by atoms with Crippen molar-refractivity contribution in [2.24, 2.45) is 17.8 Å². The number of epoxide rings is 2. The molecule has 0 aromatic carbocycles. The Morgan fingerprint density at radius 1 is 0.634 bits per heavy atom. The second-order valence-corrected chi connectivity index (χ2v) is 15.8. The minimum atomic E-state index is -2.35. The van der Waals surface area contributed by atoms with E-state index in [-0.39, 0.29) is 5.92 Å². The molecule has 2 saturated heterocycles. The highest BCUT2D eigenvalue weighted by Crippen LogP contribution is 2.43. The van der Waals surface area contributed by atoms with Crippen molar-refractivity contribution in [3.63, 3.8) is 0 Å². The quantitative estimate of drug-likeness (QED) is 0.0631. The summed E-state index contributed by atoms with van der Waals surface area (Å²) in [4.78, 5) is 0. The van der Waals surface area contributed by atoms with Crippen molar-refractivity contribution in [3.8, 4) is 0 Å². The number of hydrogen-bond donors (Lipinski definition) is 0.